The van der Waals surface area contributed by atoms with Gasteiger partial charge in [0.05, 0.1) is 15.7 Å². The molecule has 1 aromatic heterocycles. The van der Waals surface area contributed by atoms with Crippen LogP contribution in [0.5, 0.6) is 0 Å². The Labute approximate surface area is 212 Å². The van der Waals surface area contributed by atoms with Gasteiger partial charge in [0.15, 0.2) is 0 Å². The molecule has 1 amide bonds. The number of nitriles is 1. The fourth-order valence-corrected chi connectivity index (χ4v) is 4.58. The molecule has 35 heavy (non-hydrogen) atoms. The second-order valence-corrected chi connectivity index (χ2v) is 8.88. The number of carbonyl (C=O) groups is 1. The molecule has 0 saturated heterocycles. The maximum Gasteiger partial charge on any atom is 0.266 e. The second kappa shape index (κ2) is 9.68. The molecule has 0 aliphatic rings. The molecule has 4 aromatic carbocycles. The summed E-state index contributed by atoms with van der Waals surface area (Å²) in [7, 11) is 0. The van der Waals surface area contributed by atoms with Crippen LogP contribution in [0.3, 0.4) is 0 Å². The van der Waals surface area contributed by atoms with Crippen LogP contribution in [-0.2, 0) is 11.3 Å². The monoisotopic (exact) mass is 495 g/mol. The number of rotatable bonds is 5. The summed E-state index contributed by atoms with van der Waals surface area (Å²) in [6.45, 7) is 0.655. The Morgan fingerprint density at radius 1 is 0.914 bits per heavy atom. The number of para-hydroxylation sites is 1. The number of anilines is 1. The average Bonchev–Trinajstić information content (AvgIpc) is 3.22. The number of carbonyl (C=O) groups excluding carboxylic acids is 1. The van der Waals surface area contributed by atoms with Crippen LogP contribution in [0.2, 0.25) is 10.0 Å². The van der Waals surface area contributed by atoms with Gasteiger partial charge in [0.25, 0.3) is 5.91 Å². The van der Waals surface area contributed by atoms with Crippen molar-refractivity contribution in [3.05, 3.63) is 118 Å². The summed E-state index contributed by atoms with van der Waals surface area (Å²) in [5.74, 6) is -0.553. The van der Waals surface area contributed by atoms with Crippen LogP contribution < -0.4 is 5.32 Å². The van der Waals surface area contributed by atoms with E-state index >= 15 is 0 Å². The van der Waals surface area contributed by atoms with E-state index in [1.54, 1.807) is 24.3 Å². The zero-order valence-electron chi connectivity index (χ0n) is 18.5. The van der Waals surface area contributed by atoms with Crippen LogP contribution in [0.15, 0.2) is 96.7 Å². The molecule has 0 spiro atoms. The van der Waals surface area contributed by atoms with Crippen molar-refractivity contribution in [1.29, 1.82) is 5.26 Å². The summed E-state index contributed by atoms with van der Waals surface area (Å²) in [6.07, 6.45) is 3.58. The number of fused-ring (bicyclic) bond motifs is 2. The number of halogens is 2. The molecule has 0 bridgehead atoms. The first-order valence-electron chi connectivity index (χ1n) is 11.0. The zero-order valence-corrected chi connectivity index (χ0v) is 20.0. The fraction of sp³-hybridized carbons (Fsp3) is 0.0345. The van der Waals surface area contributed by atoms with Crippen molar-refractivity contribution in [3.8, 4) is 6.07 Å². The van der Waals surface area contributed by atoms with E-state index in [1.165, 1.54) is 16.3 Å². The van der Waals surface area contributed by atoms with E-state index in [9.17, 15) is 10.1 Å². The molecular formula is C29H19Cl2N3O. The van der Waals surface area contributed by atoms with Crippen molar-refractivity contribution in [3.63, 3.8) is 0 Å². The summed E-state index contributed by atoms with van der Waals surface area (Å²) in [5.41, 5.74) is 3.30. The van der Waals surface area contributed by atoms with Gasteiger partial charge >= 0.3 is 0 Å². The Morgan fingerprint density at radius 2 is 1.63 bits per heavy atom. The van der Waals surface area contributed by atoms with E-state index in [-0.39, 0.29) is 10.6 Å². The first-order chi connectivity index (χ1) is 17.0. The van der Waals surface area contributed by atoms with Gasteiger partial charge in [-0.1, -0.05) is 89.9 Å². The lowest BCUT2D eigenvalue weighted by molar-refractivity contribution is -0.112. The number of amides is 1. The SMILES string of the molecule is N#C/C(=C/c1cn(Cc2cccc3ccccc23)c2ccccc12)C(=O)Nc1cccc(Cl)c1Cl. The zero-order chi connectivity index (χ0) is 24.4. The van der Waals surface area contributed by atoms with Gasteiger partial charge in [-0.15, -0.1) is 0 Å². The summed E-state index contributed by atoms with van der Waals surface area (Å²) >= 11 is 12.2. The van der Waals surface area contributed by atoms with Crippen LogP contribution in [-0.4, -0.2) is 10.5 Å². The van der Waals surface area contributed by atoms with Crippen LogP contribution in [0.4, 0.5) is 5.69 Å². The highest BCUT2D eigenvalue weighted by atomic mass is 35.5. The number of nitrogens with zero attached hydrogens (tertiary/aromatic N) is 2. The lowest BCUT2D eigenvalue weighted by Gasteiger charge is -2.09. The number of hydrogen-bond donors (Lipinski definition) is 1. The molecule has 170 valence electrons. The minimum Gasteiger partial charge on any atom is -0.342 e. The van der Waals surface area contributed by atoms with Crippen molar-refractivity contribution in [2.24, 2.45) is 0 Å². The van der Waals surface area contributed by atoms with Crippen LogP contribution in [0.1, 0.15) is 11.1 Å². The molecule has 0 unspecified atom stereocenters. The molecule has 0 aliphatic heterocycles. The lowest BCUT2D eigenvalue weighted by Crippen LogP contribution is -2.13. The molecule has 5 rings (SSSR count). The molecule has 5 aromatic rings. The van der Waals surface area contributed by atoms with Crippen LogP contribution in [0, 0.1) is 11.3 Å². The predicted molar refractivity (Wildman–Crippen MR) is 144 cm³/mol. The standard InChI is InChI=1S/C29H19Cl2N3O/c30-25-12-6-13-26(28(25)31)33-29(35)21(16-32)15-22-18-34(27-14-4-3-11-24(22)27)17-20-9-5-8-19-7-1-2-10-23(19)20/h1-15,18H,17H2,(H,33,35)/b21-15-. The summed E-state index contributed by atoms with van der Waals surface area (Å²) in [5, 5.41) is 16.3. The normalized spacial score (nSPS) is 11.5. The van der Waals surface area contributed by atoms with Gasteiger partial charge in [-0.3, -0.25) is 4.79 Å². The Morgan fingerprint density at radius 3 is 2.46 bits per heavy atom. The molecule has 0 radical (unpaired) electrons. The molecular weight excluding hydrogens is 477 g/mol. The molecule has 0 saturated carbocycles. The molecule has 1 heterocycles. The quantitative estimate of drug-likeness (QED) is 0.200. The second-order valence-electron chi connectivity index (χ2n) is 8.09. The van der Waals surface area contributed by atoms with E-state index in [0.717, 1.165) is 16.5 Å². The van der Waals surface area contributed by atoms with Crippen LogP contribution >= 0.6 is 23.2 Å². The maximum atomic E-state index is 12.9. The first-order valence-corrected chi connectivity index (χ1v) is 11.7. The molecule has 1 N–H and O–H groups in total. The topological polar surface area (TPSA) is 57.8 Å². The number of benzene rings is 4. The van der Waals surface area contributed by atoms with Crippen molar-refractivity contribution < 1.29 is 4.79 Å². The van der Waals surface area contributed by atoms with E-state index in [1.807, 2.05) is 48.7 Å². The van der Waals surface area contributed by atoms with Gasteiger partial charge in [-0.2, -0.15) is 5.26 Å². The van der Waals surface area contributed by atoms with Crippen molar-refractivity contribution >= 4 is 62.5 Å². The van der Waals surface area contributed by atoms with Crippen molar-refractivity contribution in [2.45, 2.75) is 6.54 Å². The highest BCUT2D eigenvalue weighted by molar-refractivity contribution is 6.44. The average molecular weight is 496 g/mol. The molecule has 4 nitrogen and oxygen atoms in total. The van der Waals surface area contributed by atoms with Gasteiger partial charge in [0, 0.05) is 29.2 Å². The van der Waals surface area contributed by atoms with Crippen molar-refractivity contribution in [2.75, 3.05) is 5.32 Å². The highest BCUT2D eigenvalue weighted by Gasteiger charge is 2.15. The first kappa shape index (κ1) is 22.7. The van der Waals surface area contributed by atoms with E-state index in [0.29, 0.717) is 17.3 Å². The fourth-order valence-electron chi connectivity index (χ4n) is 4.23. The minimum absolute atomic E-state index is 0.0332. The van der Waals surface area contributed by atoms with Gasteiger partial charge in [-0.25, -0.2) is 0 Å². The van der Waals surface area contributed by atoms with E-state index in [2.05, 4.69) is 40.2 Å². The van der Waals surface area contributed by atoms with Crippen molar-refractivity contribution in [1.82, 2.24) is 4.57 Å². The lowest BCUT2D eigenvalue weighted by atomic mass is 10.0. The number of hydrogen-bond acceptors (Lipinski definition) is 2. The van der Waals surface area contributed by atoms with Gasteiger partial charge < -0.3 is 9.88 Å². The minimum atomic E-state index is -0.553. The van der Waals surface area contributed by atoms with E-state index in [4.69, 9.17) is 23.2 Å². The summed E-state index contributed by atoms with van der Waals surface area (Å²) in [6, 6.07) is 29.5. The molecule has 0 fully saturated rings. The van der Waals surface area contributed by atoms with E-state index < -0.39 is 5.91 Å². The third-order valence-electron chi connectivity index (χ3n) is 5.90. The van der Waals surface area contributed by atoms with Gasteiger partial charge in [0.2, 0.25) is 0 Å². The Bertz CT molecular complexity index is 1650. The predicted octanol–water partition coefficient (Wildman–Crippen LogP) is 7.70. The number of nitrogens with one attached hydrogen (secondary N) is 1. The Kier molecular flexibility index (Phi) is 6.29. The largest absolute Gasteiger partial charge is 0.342 e. The Balaban J connectivity index is 1.52. The van der Waals surface area contributed by atoms with Gasteiger partial charge in [0.1, 0.15) is 11.6 Å². The highest BCUT2D eigenvalue weighted by Crippen LogP contribution is 2.30. The van der Waals surface area contributed by atoms with Crippen LogP contribution in [0.25, 0.3) is 27.8 Å². The summed E-state index contributed by atoms with van der Waals surface area (Å²) < 4.78 is 2.14. The molecule has 0 aliphatic carbocycles. The molecule has 0 atom stereocenters. The molecule has 6 heteroatoms. The summed E-state index contributed by atoms with van der Waals surface area (Å²) in [4.78, 5) is 12.9. The number of aromatic nitrogens is 1. The van der Waals surface area contributed by atoms with Gasteiger partial charge in [-0.05, 0) is 40.6 Å². The third kappa shape index (κ3) is 4.52. The maximum absolute atomic E-state index is 12.9. The third-order valence-corrected chi connectivity index (χ3v) is 6.72. The smallest absolute Gasteiger partial charge is 0.266 e. The Hall–Kier alpha value is -4.04.